The number of rotatable bonds is 12. The Hall–Kier alpha value is -1.37. The summed E-state index contributed by atoms with van der Waals surface area (Å²) in [4.78, 5) is 12.1. The van der Waals surface area contributed by atoms with Gasteiger partial charge in [0.15, 0.2) is 6.61 Å². The second-order valence-corrected chi connectivity index (χ2v) is 10.5. The first-order valence-electron chi connectivity index (χ1n) is 12.7. The van der Waals surface area contributed by atoms with Gasteiger partial charge in [-0.05, 0) is 56.3 Å². The van der Waals surface area contributed by atoms with Crippen LogP contribution in [-0.2, 0) is 9.53 Å². The highest BCUT2D eigenvalue weighted by atomic mass is 19.4. The van der Waals surface area contributed by atoms with Crippen LogP contribution in [0.3, 0.4) is 0 Å². The molecule has 0 amide bonds. The maximum Gasteiger partial charge on any atom is 0.384 e. The molecule has 14 heteroatoms. The summed E-state index contributed by atoms with van der Waals surface area (Å²) in [6.07, 6.45) is 3.42. The van der Waals surface area contributed by atoms with E-state index in [0.29, 0.717) is 24.7 Å². The average molecular weight is 580 g/mol. The van der Waals surface area contributed by atoms with Crippen LogP contribution in [0.5, 0.6) is 0 Å². The largest absolute Gasteiger partial charge is 0.459 e. The summed E-state index contributed by atoms with van der Waals surface area (Å²) in [6.45, 7) is -0.708. The lowest BCUT2D eigenvalue weighted by Gasteiger charge is -2.39. The van der Waals surface area contributed by atoms with Crippen LogP contribution in [0, 0.1) is 23.7 Å². The highest BCUT2D eigenvalue weighted by molar-refractivity contribution is 5.72. The fraction of sp³-hybridized carbons (Fsp3) is 0.958. The Bertz CT molecular complexity index is 770. The Labute approximate surface area is 212 Å². The second-order valence-electron chi connectivity index (χ2n) is 10.5. The summed E-state index contributed by atoms with van der Waals surface area (Å²) >= 11 is 0. The van der Waals surface area contributed by atoms with Crippen LogP contribution in [0.4, 0.5) is 52.7 Å². The molecule has 0 atom stereocenters. The van der Waals surface area contributed by atoms with E-state index < -0.39 is 54.5 Å². The number of esters is 1. The number of unbranched alkanes of at least 4 members (excludes halogenated alkanes) is 1. The Morgan fingerprint density at radius 2 is 1.21 bits per heavy atom. The standard InChI is InChI=1S/C24H32F12O2/c1-2-3-4-14-5-7-15(8-6-14)16-9-11-17(12-10-16)18(37)38-13-20(27,28)22(31,32)24(35,36)23(33,34)21(29,30)19(25)26/h14-17,19H,2-13H2,1H3. The third-order valence-corrected chi connectivity index (χ3v) is 7.97. The SMILES string of the molecule is CCCCC1CCC(C2CCC(C(=O)OCC(F)(F)C(F)(F)C(F)(F)C(F)(F)C(F)(F)C(F)F)CC2)CC1. The molecule has 0 aromatic heterocycles. The van der Waals surface area contributed by atoms with E-state index >= 15 is 0 Å². The molecule has 2 aliphatic carbocycles. The number of carbonyl (C=O) groups excluding carboxylic acids is 1. The van der Waals surface area contributed by atoms with Gasteiger partial charge in [0.25, 0.3) is 0 Å². The fourth-order valence-corrected chi connectivity index (χ4v) is 5.41. The lowest BCUT2D eigenvalue weighted by atomic mass is 9.68. The van der Waals surface area contributed by atoms with Crippen LogP contribution < -0.4 is 0 Å². The summed E-state index contributed by atoms with van der Waals surface area (Å²) in [7, 11) is 0. The van der Waals surface area contributed by atoms with E-state index in [1.165, 1.54) is 6.42 Å². The van der Waals surface area contributed by atoms with Crippen LogP contribution in [0.25, 0.3) is 0 Å². The van der Waals surface area contributed by atoms with Crippen LogP contribution in [0.1, 0.15) is 77.6 Å². The number of carbonyl (C=O) groups is 1. The van der Waals surface area contributed by atoms with Crippen LogP contribution in [0.15, 0.2) is 0 Å². The number of ether oxygens (including phenoxy) is 1. The molecule has 2 rings (SSSR count). The Morgan fingerprint density at radius 1 is 0.737 bits per heavy atom. The summed E-state index contributed by atoms with van der Waals surface area (Å²) in [5.41, 5.74) is 0. The zero-order valence-corrected chi connectivity index (χ0v) is 20.7. The predicted octanol–water partition coefficient (Wildman–Crippen LogP) is 8.77. The molecule has 38 heavy (non-hydrogen) atoms. The molecule has 224 valence electrons. The Kier molecular flexibility index (Phi) is 10.4. The van der Waals surface area contributed by atoms with Gasteiger partial charge in [-0.25, -0.2) is 8.78 Å². The van der Waals surface area contributed by atoms with Crippen molar-refractivity contribution < 1.29 is 62.2 Å². The number of hydrogen-bond acceptors (Lipinski definition) is 2. The normalized spacial score (nSPS) is 26.5. The van der Waals surface area contributed by atoms with E-state index in [0.717, 1.165) is 38.5 Å². The minimum absolute atomic E-state index is 0.149. The highest BCUT2D eigenvalue weighted by Crippen LogP contribution is 2.58. The van der Waals surface area contributed by atoms with Gasteiger partial charge in [-0.1, -0.05) is 39.0 Å². The maximum absolute atomic E-state index is 13.9. The molecule has 0 spiro atoms. The first-order chi connectivity index (χ1) is 17.3. The summed E-state index contributed by atoms with van der Waals surface area (Å²) in [6, 6.07) is 0. The molecule has 0 N–H and O–H groups in total. The van der Waals surface area contributed by atoms with Crippen molar-refractivity contribution in [2.45, 2.75) is 114 Å². The van der Waals surface area contributed by atoms with Gasteiger partial charge in [0.1, 0.15) is 0 Å². The van der Waals surface area contributed by atoms with E-state index in [4.69, 9.17) is 0 Å². The minimum Gasteiger partial charge on any atom is -0.459 e. The van der Waals surface area contributed by atoms with E-state index in [9.17, 15) is 57.5 Å². The zero-order chi connectivity index (χ0) is 29.2. The van der Waals surface area contributed by atoms with E-state index in [2.05, 4.69) is 11.7 Å². The zero-order valence-electron chi connectivity index (χ0n) is 20.7. The highest BCUT2D eigenvalue weighted by Gasteiger charge is 2.87. The molecule has 0 bridgehead atoms. The number of hydrogen-bond donors (Lipinski definition) is 0. The van der Waals surface area contributed by atoms with Gasteiger partial charge in [-0.3, -0.25) is 4.79 Å². The van der Waals surface area contributed by atoms with Crippen LogP contribution in [0.2, 0.25) is 0 Å². The fourth-order valence-electron chi connectivity index (χ4n) is 5.41. The smallest absolute Gasteiger partial charge is 0.384 e. The third-order valence-electron chi connectivity index (χ3n) is 7.97. The minimum atomic E-state index is -7.62. The van der Waals surface area contributed by atoms with Gasteiger partial charge in [-0.15, -0.1) is 0 Å². The van der Waals surface area contributed by atoms with Crippen LogP contribution >= 0.6 is 0 Å². The molecule has 0 aromatic carbocycles. The molecule has 0 saturated heterocycles. The first-order valence-corrected chi connectivity index (χ1v) is 12.7. The van der Waals surface area contributed by atoms with Gasteiger partial charge in [0.2, 0.25) is 0 Å². The molecule has 2 nitrogen and oxygen atoms in total. The summed E-state index contributed by atoms with van der Waals surface area (Å²) < 4.78 is 163. The predicted molar refractivity (Wildman–Crippen MR) is 112 cm³/mol. The monoisotopic (exact) mass is 580 g/mol. The van der Waals surface area contributed by atoms with Gasteiger partial charge in [0.05, 0.1) is 5.92 Å². The Morgan fingerprint density at radius 3 is 1.66 bits per heavy atom. The van der Waals surface area contributed by atoms with Crippen molar-refractivity contribution in [1.29, 1.82) is 0 Å². The Balaban J connectivity index is 1.93. The summed E-state index contributed by atoms with van der Waals surface area (Å²) in [5, 5.41) is 0. The molecular weight excluding hydrogens is 548 g/mol. The lowest BCUT2D eigenvalue weighted by molar-refractivity contribution is -0.414. The molecule has 2 aliphatic rings. The molecule has 0 radical (unpaired) electrons. The number of alkyl halides is 12. The number of halogens is 12. The molecular formula is C24H32F12O2. The third kappa shape index (κ3) is 6.33. The lowest BCUT2D eigenvalue weighted by Crippen LogP contribution is -2.69. The van der Waals surface area contributed by atoms with Crippen LogP contribution in [-0.4, -0.2) is 48.6 Å². The van der Waals surface area contributed by atoms with Crippen molar-refractivity contribution in [2.75, 3.05) is 6.61 Å². The van der Waals surface area contributed by atoms with Crippen molar-refractivity contribution in [3.8, 4) is 0 Å². The van der Waals surface area contributed by atoms with E-state index in [-0.39, 0.29) is 18.8 Å². The van der Waals surface area contributed by atoms with Gasteiger partial charge in [0, 0.05) is 0 Å². The molecule has 0 aliphatic heterocycles. The van der Waals surface area contributed by atoms with Crippen molar-refractivity contribution in [1.82, 2.24) is 0 Å². The van der Waals surface area contributed by atoms with Crippen molar-refractivity contribution in [2.24, 2.45) is 23.7 Å². The average Bonchev–Trinajstić information content (AvgIpc) is 2.85. The van der Waals surface area contributed by atoms with Crippen molar-refractivity contribution in [3.63, 3.8) is 0 Å². The quantitative estimate of drug-likeness (QED) is 0.170. The molecule has 2 saturated carbocycles. The topological polar surface area (TPSA) is 26.3 Å². The van der Waals surface area contributed by atoms with Gasteiger partial charge in [-0.2, -0.15) is 43.9 Å². The second kappa shape index (κ2) is 12.0. The molecule has 2 fully saturated rings. The van der Waals surface area contributed by atoms with Crippen molar-refractivity contribution in [3.05, 3.63) is 0 Å². The maximum atomic E-state index is 13.9. The molecule has 0 aromatic rings. The van der Waals surface area contributed by atoms with E-state index in [1.807, 2.05) is 0 Å². The van der Waals surface area contributed by atoms with Crippen molar-refractivity contribution >= 4 is 5.97 Å². The molecule has 0 heterocycles. The van der Waals surface area contributed by atoms with Gasteiger partial charge >= 0.3 is 42.0 Å². The van der Waals surface area contributed by atoms with E-state index in [1.54, 1.807) is 0 Å². The van der Waals surface area contributed by atoms with Gasteiger partial charge < -0.3 is 4.74 Å². The first kappa shape index (κ1) is 32.8. The molecule has 0 unspecified atom stereocenters. The summed E-state index contributed by atoms with van der Waals surface area (Å²) in [5.74, 6) is -36.9.